The molecule has 3 heteroatoms. The normalized spacial score (nSPS) is 17.9. The van der Waals surface area contributed by atoms with E-state index in [0.29, 0.717) is 10.9 Å². The molecule has 15 heavy (non-hydrogen) atoms. The Hall–Kier alpha value is -0.830. The van der Waals surface area contributed by atoms with Gasteiger partial charge < -0.3 is 5.73 Å². The molecule has 0 amide bonds. The maximum Gasteiger partial charge on any atom is 0.163 e. The van der Waals surface area contributed by atoms with Gasteiger partial charge in [-0.1, -0.05) is 19.3 Å². The molecule has 0 saturated heterocycles. The highest BCUT2D eigenvalue weighted by Crippen LogP contribution is 2.39. The number of ketones is 1. The van der Waals surface area contributed by atoms with Crippen molar-refractivity contribution in [3.05, 3.63) is 16.5 Å². The predicted octanol–water partition coefficient (Wildman–Crippen LogP) is 3.58. The molecular formula is C12H17NOS. The predicted molar refractivity (Wildman–Crippen MR) is 64.6 cm³/mol. The van der Waals surface area contributed by atoms with Gasteiger partial charge in [-0.3, -0.25) is 4.79 Å². The molecule has 1 aromatic rings. The van der Waals surface area contributed by atoms with Gasteiger partial charge in [0.1, 0.15) is 0 Å². The molecule has 0 atom stereocenters. The van der Waals surface area contributed by atoms with Gasteiger partial charge in [0.15, 0.2) is 5.78 Å². The van der Waals surface area contributed by atoms with Crippen LogP contribution in [0.25, 0.3) is 0 Å². The third kappa shape index (κ3) is 2.07. The smallest absolute Gasteiger partial charge is 0.163 e. The van der Waals surface area contributed by atoms with Crippen molar-refractivity contribution in [1.29, 1.82) is 0 Å². The minimum Gasteiger partial charge on any atom is -0.390 e. The van der Waals surface area contributed by atoms with Gasteiger partial charge in [0.05, 0.1) is 10.6 Å². The van der Waals surface area contributed by atoms with E-state index in [2.05, 4.69) is 5.38 Å². The van der Waals surface area contributed by atoms with E-state index in [0.717, 1.165) is 5.56 Å². The maximum atomic E-state index is 11.5. The van der Waals surface area contributed by atoms with Crippen molar-refractivity contribution in [2.45, 2.75) is 44.9 Å². The van der Waals surface area contributed by atoms with Gasteiger partial charge in [0.25, 0.3) is 0 Å². The molecule has 0 aromatic carbocycles. The van der Waals surface area contributed by atoms with Crippen LogP contribution in [-0.2, 0) is 0 Å². The second-order valence-electron chi connectivity index (χ2n) is 4.32. The van der Waals surface area contributed by atoms with Crippen LogP contribution in [0.3, 0.4) is 0 Å². The first kappa shape index (κ1) is 10.7. The molecule has 1 fully saturated rings. The van der Waals surface area contributed by atoms with Crippen molar-refractivity contribution < 1.29 is 4.79 Å². The van der Waals surface area contributed by atoms with Crippen molar-refractivity contribution in [2.75, 3.05) is 5.73 Å². The Morgan fingerprint density at radius 3 is 2.67 bits per heavy atom. The summed E-state index contributed by atoms with van der Waals surface area (Å²) in [6.45, 7) is 1.62. The first-order chi connectivity index (χ1) is 7.20. The summed E-state index contributed by atoms with van der Waals surface area (Å²) in [6, 6.07) is 0. The Morgan fingerprint density at radius 2 is 2.07 bits per heavy atom. The van der Waals surface area contributed by atoms with E-state index < -0.39 is 0 Å². The first-order valence-corrected chi connectivity index (χ1v) is 6.46. The number of nitrogen functional groups attached to an aromatic ring is 1. The molecule has 2 rings (SSSR count). The summed E-state index contributed by atoms with van der Waals surface area (Å²) in [4.78, 5) is 11.5. The van der Waals surface area contributed by atoms with Crippen molar-refractivity contribution in [2.24, 2.45) is 0 Å². The summed E-state index contributed by atoms with van der Waals surface area (Å²) in [5.41, 5.74) is 7.86. The van der Waals surface area contributed by atoms with Gasteiger partial charge in [-0.25, -0.2) is 0 Å². The van der Waals surface area contributed by atoms with Crippen molar-refractivity contribution in [3.63, 3.8) is 0 Å². The minimum absolute atomic E-state index is 0.120. The fraction of sp³-hybridized carbons (Fsp3) is 0.583. The third-order valence-corrected chi connectivity index (χ3v) is 4.07. The van der Waals surface area contributed by atoms with Crippen molar-refractivity contribution in [1.82, 2.24) is 0 Å². The Bertz CT molecular complexity index is 364. The summed E-state index contributed by atoms with van der Waals surface area (Å²) in [5, 5.41) is 2.78. The maximum absolute atomic E-state index is 11.5. The van der Waals surface area contributed by atoms with E-state index in [1.54, 1.807) is 6.92 Å². The first-order valence-electron chi connectivity index (χ1n) is 5.58. The van der Waals surface area contributed by atoms with E-state index >= 15 is 0 Å². The number of carbonyl (C=O) groups excluding carboxylic acids is 1. The van der Waals surface area contributed by atoms with Crippen LogP contribution in [0, 0.1) is 0 Å². The van der Waals surface area contributed by atoms with E-state index in [4.69, 9.17) is 5.73 Å². The lowest BCUT2D eigenvalue weighted by molar-refractivity contribution is 0.101. The molecule has 1 aliphatic rings. The van der Waals surface area contributed by atoms with E-state index in [1.807, 2.05) is 0 Å². The number of nitrogens with two attached hydrogens (primary N) is 1. The second kappa shape index (κ2) is 4.35. The molecule has 0 aliphatic heterocycles. The van der Waals surface area contributed by atoms with E-state index in [-0.39, 0.29) is 5.78 Å². The fourth-order valence-electron chi connectivity index (χ4n) is 2.48. The zero-order valence-corrected chi connectivity index (χ0v) is 9.90. The van der Waals surface area contributed by atoms with Crippen LogP contribution in [0.1, 0.15) is 60.9 Å². The standard InChI is InChI=1S/C12H17NOS/c1-8(14)11-10(7-15-12(11)13)9-5-3-2-4-6-9/h7,9H,2-6,13H2,1H3. The summed E-state index contributed by atoms with van der Waals surface area (Å²) in [5.74, 6) is 0.695. The highest BCUT2D eigenvalue weighted by atomic mass is 32.1. The van der Waals surface area contributed by atoms with Gasteiger partial charge in [0, 0.05) is 0 Å². The van der Waals surface area contributed by atoms with Gasteiger partial charge in [-0.2, -0.15) is 0 Å². The van der Waals surface area contributed by atoms with Gasteiger partial charge in [-0.05, 0) is 36.6 Å². The topological polar surface area (TPSA) is 43.1 Å². The van der Waals surface area contributed by atoms with E-state index in [1.165, 1.54) is 49.0 Å². The van der Waals surface area contributed by atoms with E-state index in [9.17, 15) is 4.79 Å². The third-order valence-electron chi connectivity index (χ3n) is 3.24. The SMILES string of the molecule is CC(=O)c1c(C2CCCCC2)csc1N. The molecule has 1 aliphatic carbocycles. The van der Waals surface area contributed by atoms with Gasteiger partial charge >= 0.3 is 0 Å². The quantitative estimate of drug-likeness (QED) is 0.779. The summed E-state index contributed by atoms with van der Waals surface area (Å²) in [7, 11) is 0. The number of rotatable bonds is 2. The lowest BCUT2D eigenvalue weighted by Gasteiger charge is -2.21. The summed E-state index contributed by atoms with van der Waals surface area (Å²) in [6.07, 6.45) is 6.36. The molecule has 82 valence electrons. The average molecular weight is 223 g/mol. The Balaban J connectivity index is 2.30. The zero-order valence-electron chi connectivity index (χ0n) is 9.08. The molecule has 2 N–H and O–H groups in total. The largest absolute Gasteiger partial charge is 0.390 e. The van der Waals surface area contributed by atoms with Crippen molar-refractivity contribution in [3.8, 4) is 0 Å². The Labute approximate surface area is 94.5 Å². The van der Waals surface area contributed by atoms with Crippen molar-refractivity contribution >= 4 is 22.1 Å². The zero-order chi connectivity index (χ0) is 10.8. The van der Waals surface area contributed by atoms with Crippen LogP contribution in [0.5, 0.6) is 0 Å². The lowest BCUT2D eigenvalue weighted by atomic mass is 9.83. The number of anilines is 1. The molecule has 2 nitrogen and oxygen atoms in total. The Kier molecular flexibility index (Phi) is 3.10. The number of Topliss-reactive ketones (excluding diaryl/α,β-unsaturated/α-hetero) is 1. The minimum atomic E-state index is 0.120. The molecule has 1 saturated carbocycles. The van der Waals surface area contributed by atoms with Gasteiger partial charge in [-0.15, -0.1) is 11.3 Å². The Morgan fingerprint density at radius 1 is 1.40 bits per heavy atom. The summed E-state index contributed by atoms with van der Waals surface area (Å²) < 4.78 is 0. The molecule has 0 unspecified atom stereocenters. The molecule has 0 radical (unpaired) electrons. The molecular weight excluding hydrogens is 206 g/mol. The lowest BCUT2D eigenvalue weighted by Crippen LogP contribution is -2.08. The van der Waals surface area contributed by atoms with Crippen LogP contribution in [-0.4, -0.2) is 5.78 Å². The second-order valence-corrected chi connectivity index (χ2v) is 5.23. The molecule has 1 heterocycles. The highest BCUT2D eigenvalue weighted by Gasteiger charge is 2.22. The monoisotopic (exact) mass is 223 g/mol. The molecule has 0 bridgehead atoms. The van der Waals surface area contributed by atoms with Gasteiger partial charge in [0.2, 0.25) is 0 Å². The van der Waals surface area contributed by atoms with Crippen LogP contribution in [0.15, 0.2) is 5.38 Å². The molecule has 1 aromatic heterocycles. The number of hydrogen-bond acceptors (Lipinski definition) is 3. The number of carbonyl (C=O) groups is 1. The number of hydrogen-bond donors (Lipinski definition) is 1. The van der Waals surface area contributed by atoms with Crippen LogP contribution >= 0.6 is 11.3 Å². The van der Waals surface area contributed by atoms with Crippen LogP contribution in [0.4, 0.5) is 5.00 Å². The number of thiophene rings is 1. The average Bonchev–Trinajstić information content (AvgIpc) is 2.61. The fourth-order valence-corrected chi connectivity index (χ4v) is 3.42. The van der Waals surface area contributed by atoms with Crippen LogP contribution in [0.2, 0.25) is 0 Å². The summed E-state index contributed by atoms with van der Waals surface area (Å²) >= 11 is 1.51. The van der Waals surface area contributed by atoms with Crippen LogP contribution < -0.4 is 5.73 Å². The molecule has 0 spiro atoms. The highest BCUT2D eigenvalue weighted by molar-refractivity contribution is 7.14.